The van der Waals surface area contributed by atoms with E-state index in [0.29, 0.717) is 10.5 Å². The van der Waals surface area contributed by atoms with Crippen LogP contribution in [0.5, 0.6) is 0 Å². The molecule has 86 valence electrons. The van der Waals surface area contributed by atoms with E-state index in [-0.39, 0.29) is 10.9 Å². The smallest absolute Gasteiger partial charge is 0.285 e. The monoisotopic (exact) mass is 240 g/mol. The second-order valence-corrected chi connectivity index (χ2v) is 4.49. The maximum absolute atomic E-state index is 11.4. The van der Waals surface area contributed by atoms with E-state index in [2.05, 4.69) is 0 Å². The van der Waals surface area contributed by atoms with Gasteiger partial charge in [0.15, 0.2) is 0 Å². The van der Waals surface area contributed by atoms with Crippen molar-refractivity contribution in [2.24, 2.45) is 0 Å². The van der Waals surface area contributed by atoms with Crippen molar-refractivity contribution in [3.63, 3.8) is 0 Å². The summed E-state index contributed by atoms with van der Waals surface area (Å²) >= 11 is 1.05. The number of benzene rings is 1. The van der Waals surface area contributed by atoms with Crippen LogP contribution in [0.15, 0.2) is 23.1 Å². The molecule has 0 bridgehead atoms. The fourth-order valence-electron chi connectivity index (χ4n) is 1.09. The molecule has 0 aliphatic heterocycles. The van der Waals surface area contributed by atoms with Gasteiger partial charge in [-0.05, 0) is 30.8 Å². The molecular weight excluding hydrogens is 228 g/mol. The number of carbonyl (C=O) groups excluding carboxylic acids is 1. The Morgan fingerprint density at radius 1 is 1.44 bits per heavy atom. The number of nitro groups is 1. The molecule has 1 amide bonds. The van der Waals surface area contributed by atoms with Crippen LogP contribution in [0.3, 0.4) is 0 Å². The lowest BCUT2D eigenvalue weighted by atomic mass is 10.2. The van der Waals surface area contributed by atoms with E-state index in [4.69, 9.17) is 0 Å². The summed E-state index contributed by atoms with van der Waals surface area (Å²) in [6.07, 6.45) is 0. The minimum atomic E-state index is -0.433. The number of amides is 1. The molecule has 0 saturated carbocycles. The van der Waals surface area contributed by atoms with Gasteiger partial charge in [-0.25, -0.2) is 0 Å². The van der Waals surface area contributed by atoms with Gasteiger partial charge in [0.25, 0.3) is 10.9 Å². The highest BCUT2D eigenvalue weighted by Gasteiger charge is 2.12. The van der Waals surface area contributed by atoms with Crippen LogP contribution in [0.1, 0.15) is 5.56 Å². The number of nitrogens with zero attached hydrogens (tertiary/aromatic N) is 2. The highest BCUT2D eigenvalue weighted by Crippen LogP contribution is 2.26. The zero-order chi connectivity index (χ0) is 12.3. The summed E-state index contributed by atoms with van der Waals surface area (Å²) in [6.45, 7) is 1.66. The van der Waals surface area contributed by atoms with Crippen molar-refractivity contribution in [1.29, 1.82) is 0 Å². The van der Waals surface area contributed by atoms with Crippen molar-refractivity contribution >= 4 is 22.7 Å². The lowest BCUT2D eigenvalue weighted by Gasteiger charge is -2.09. The first-order valence-corrected chi connectivity index (χ1v) is 5.37. The number of hydrogen-bond donors (Lipinski definition) is 0. The van der Waals surface area contributed by atoms with E-state index in [1.54, 1.807) is 33.2 Å². The Labute approximate surface area is 97.6 Å². The van der Waals surface area contributed by atoms with Crippen LogP contribution in [0.2, 0.25) is 0 Å². The van der Waals surface area contributed by atoms with Gasteiger partial charge in [0.1, 0.15) is 0 Å². The third kappa shape index (κ3) is 2.96. The van der Waals surface area contributed by atoms with Crippen LogP contribution in [0, 0.1) is 17.0 Å². The standard InChI is InChI=1S/C10H12N2O3S/c1-7-6-8(16-10(13)11(2)3)4-5-9(7)12(14)15/h4-6H,1-3H3. The number of aryl methyl sites for hydroxylation is 1. The maximum Gasteiger partial charge on any atom is 0.285 e. The molecule has 0 atom stereocenters. The first-order valence-electron chi connectivity index (χ1n) is 4.56. The van der Waals surface area contributed by atoms with E-state index in [9.17, 15) is 14.9 Å². The molecule has 1 aromatic carbocycles. The Balaban J connectivity index is 2.90. The van der Waals surface area contributed by atoms with Crippen LogP contribution < -0.4 is 0 Å². The topological polar surface area (TPSA) is 63.5 Å². The summed E-state index contributed by atoms with van der Waals surface area (Å²) in [5, 5.41) is 10.5. The number of hydrogen-bond acceptors (Lipinski definition) is 4. The van der Waals surface area contributed by atoms with Gasteiger partial charge in [-0.1, -0.05) is 0 Å². The fraction of sp³-hybridized carbons (Fsp3) is 0.300. The summed E-state index contributed by atoms with van der Waals surface area (Å²) in [7, 11) is 3.32. The molecule has 1 rings (SSSR count). The van der Waals surface area contributed by atoms with Gasteiger partial charge in [-0.2, -0.15) is 0 Å². The van der Waals surface area contributed by atoms with Gasteiger partial charge in [-0.15, -0.1) is 0 Å². The predicted octanol–water partition coefficient (Wildman–Crippen LogP) is 2.68. The molecule has 1 aromatic rings. The van der Waals surface area contributed by atoms with Gasteiger partial charge in [-0.3, -0.25) is 14.9 Å². The first kappa shape index (κ1) is 12.5. The molecule has 0 aromatic heterocycles. The van der Waals surface area contributed by atoms with Crippen LogP contribution in [0.25, 0.3) is 0 Å². The highest BCUT2D eigenvalue weighted by molar-refractivity contribution is 8.13. The molecule has 6 heteroatoms. The van der Waals surface area contributed by atoms with Gasteiger partial charge >= 0.3 is 0 Å². The van der Waals surface area contributed by atoms with E-state index in [0.717, 1.165) is 11.8 Å². The first-order chi connectivity index (χ1) is 7.41. The Hall–Kier alpha value is -1.56. The Morgan fingerprint density at radius 3 is 2.50 bits per heavy atom. The van der Waals surface area contributed by atoms with E-state index >= 15 is 0 Å². The lowest BCUT2D eigenvalue weighted by Crippen LogP contribution is -2.16. The van der Waals surface area contributed by atoms with Crippen molar-refractivity contribution in [1.82, 2.24) is 4.90 Å². The van der Waals surface area contributed by atoms with E-state index in [1.165, 1.54) is 11.0 Å². The molecular formula is C10H12N2O3S. The van der Waals surface area contributed by atoms with Gasteiger partial charge in [0, 0.05) is 30.6 Å². The number of thioether (sulfide) groups is 1. The number of nitro benzene ring substituents is 1. The normalized spacial score (nSPS) is 9.94. The van der Waals surface area contributed by atoms with E-state index in [1.807, 2.05) is 0 Å². The summed E-state index contributed by atoms with van der Waals surface area (Å²) < 4.78 is 0. The Morgan fingerprint density at radius 2 is 2.06 bits per heavy atom. The Bertz CT molecular complexity index is 432. The highest BCUT2D eigenvalue weighted by atomic mass is 32.2. The van der Waals surface area contributed by atoms with Crippen molar-refractivity contribution in [2.45, 2.75) is 11.8 Å². The predicted molar refractivity (Wildman–Crippen MR) is 62.8 cm³/mol. The quantitative estimate of drug-likeness (QED) is 0.453. The maximum atomic E-state index is 11.4. The summed E-state index contributed by atoms with van der Waals surface area (Å²) in [5.41, 5.74) is 0.628. The minimum Gasteiger partial charge on any atom is -0.339 e. The van der Waals surface area contributed by atoms with Crippen LogP contribution >= 0.6 is 11.8 Å². The molecule has 0 saturated heterocycles. The molecule has 0 fully saturated rings. The summed E-state index contributed by atoms with van der Waals surface area (Å²) in [5.74, 6) is 0. The minimum absolute atomic E-state index is 0.0710. The van der Waals surface area contributed by atoms with Crippen molar-refractivity contribution in [3.05, 3.63) is 33.9 Å². The molecule has 0 aliphatic rings. The van der Waals surface area contributed by atoms with Crippen LogP contribution in [0.4, 0.5) is 10.5 Å². The van der Waals surface area contributed by atoms with Gasteiger partial charge in [0.2, 0.25) is 0 Å². The molecule has 0 unspecified atom stereocenters. The summed E-state index contributed by atoms with van der Waals surface area (Å²) in [6, 6.07) is 4.64. The van der Waals surface area contributed by atoms with Crippen molar-refractivity contribution in [2.75, 3.05) is 14.1 Å². The average Bonchev–Trinajstić information content (AvgIpc) is 2.16. The molecule has 5 nitrogen and oxygen atoms in total. The second kappa shape index (κ2) is 4.98. The van der Waals surface area contributed by atoms with E-state index < -0.39 is 4.92 Å². The fourth-order valence-corrected chi connectivity index (χ4v) is 1.84. The lowest BCUT2D eigenvalue weighted by molar-refractivity contribution is -0.385. The molecule has 0 radical (unpaired) electrons. The third-order valence-corrected chi connectivity index (χ3v) is 2.96. The molecule has 0 heterocycles. The Kier molecular flexibility index (Phi) is 3.89. The number of carbonyl (C=O) groups is 1. The van der Waals surface area contributed by atoms with Crippen LogP contribution in [-0.2, 0) is 0 Å². The summed E-state index contributed by atoms with van der Waals surface area (Å²) in [4.78, 5) is 23.7. The molecule has 0 N–H and O–H groups in total. The second-order valence-electron chi connectivity index (χ2n) is 3.47. The SMILES string of the molecule is Cc1cc(SC(=O)N(C)C)ccc1[N+](=O)[O-]. The van der Waals surface area contributed by atoms with Crippen molar-refractivity contribution in [3.8, 4) is 0 Å². The zero-order valence-corrected chi connectivity index (χ0v) is 10.1. The van der Waals surface area contributed by atoms with Crippen LogP contribution in [-0.4, -0.2) is 29.2 Å². The van der Waals surface area contributed by atoms with Gasteiger partial charge in [0.05, 0.1) is 4.92 Å². The van der Waals surface area contributed by atoms with Crippen molar-refractivity contribution < 1.29 is 9.72 Å². The average molecular weight is 240 g/mol. The zero-order valence-electron chi connectivity index (χ0n) is 9.26. The molecule has 0 aliphatic carbocycles. The molecule has 0 spiro atoms. The number of rotatable bonds is 2. The van der Waals surface area contributed by atoms with Gasteiger partial charge < -0.3 is 4.90 Å². The third-order valence-electron chi connectivity index (χ3n) is 1.94. The largest absolute Gasteiger partial charge is 0.339 e. The molecule has 16 heavy (non-hydrogen) atoms.